The molecule has 0 spiro atoms. The second kappa shape index (κ2) is 7.43. The Bertz CT molecular complexity index is 583. The molecule has 0 amide bonds. The van der Waals surface area contributed by atoms with E-state index in [1.165, 1.54) is 4.88 Å². The van der Waals surface area contributed by atoms with E-state index in [9.17, 15) is 0 Å². The number of aromatic nitrogens is 1. The number of rotatable bonds is 7. The van der Waals surface area contributed by atoms with Crippen LogP contribution in [0.1, 0.15) is 35.5 Å². The van der Waals surface area contributed by atoms with Crippen molar-refractivity contribution in [2.45, 2.75) is 26.3 Å². The van der Waals surface area contributed by atoms with Crippen molar-refractivity contribution in [3.63, 3.8) is 0 Å². The van der Waals surface area contributed by atoms with Crippen LogP contribution in [0.2, 0.25) is 0 Å². The zero-order valence-corrected chi connectivity index (χ0v) is 13.8. The number of nitrogens with zero attached hydrogens (tertiary/aromatic N) is 1. The van der Waals surface area contributed by atoms with Crippen molar-refractivity contribution in [1.82, 2.24) is 10.3 Å². The summed E-state index contributed by atoms with van der Waals surface area (Å²) in [4.78, 5) is 5.59. The van der Waals surface area contributed by atoms with Crippen LogP contribution >= 0.6 is 11.3 Å². The predicted octanol–water partition coefficient (Wildman–Crippen LogP) is 3.56. The minimum Gasteiger partial charge on any atom is -0.497 e. The topological polar surface area (TPSA) is 43.4 Å². The van der Waals surface area contributed by atoms with E-state index in [1.807, 2.05) is 30.6 Å². The fourth-order valence-electron chi connectivity index (χ4n) is 2.29. The second-order valence-electron chi connectivity index (χ2n) is 4.80. The van der Waals surface area contributed by atoms with Crippen LogP contribution in [0.3, 0.4) is 0 Å². The fourth-order valence-corrected chi connectivity index (χ4v) is 3.18. The van der Waals surface area contributed by atoms with Gasteiger partial charge in [0.25, 0.3) is 0 Å². The van der Waals surface area contributed by atoms with Crippen molar-refractivity contribution in [3.05, 3.63) is 39.8 Å². The van der Waals surface area contributed by atoms with Crippen LogP contribution in [0.4, 0.5) is 0 Å². The normalized spacial score (nSPS) is 12.2. The molecule has 0 aliphatic rings. The van der Waals surface area contributed by atoms with Crippen molar-refractivity contribution < 1.29 is 9.47 Å². The summed E-state index contributed by atoms with van der Waals surface area (Å²) in [7, 11) is 3.37. The lowest BCUT2D eigenvalue weighted by atomic mass is 10.0. The van der Waals surface area contributed by atoms with Gasteiger partial charge in [0, 0.05) is 10.4 Å². The first-order valence-corrected chi connectivity index (χ1v) is 7.94. The van der Waals surface area contributed by atoms with Crippen molar-refractivity contribution in [2.75, 3.05) is 20.8 Å². The molecule has 1 N–H and O–H groups in total. The highest BCUT2D eigenvalue weighted by Gasteiger charge is 2.22. The van der Waals surface area contributed by atoms with Crippen LogP contribution in [0.5, 0.6) is 11.5 Å². The number of hydrogen-bond acceptors (Lipinski definition) is 5. The zero-order valence-electron chi connectivity index (χ0n) is 13.0. The Hall–Kier alpha value is -1.59. The Labute approximate surface area is 130 Å². The maximum Gasteiger partial charge on any atom is 0.124 e. The molecule has 21 heavy (non-hydrogen) atoms. The quantitative estimate of drug-likeness (QED) is 0.849. The summed E-state index contributed by atoms with van der Waals surface area (Å²) < 4.78 is 10.9. The summed E-state index contributed by atoms with van der Waals surface area (Å²) >= 11 is 1.67. The number of nitrogens with one attached hydrogen (secondary N) is 1. The van der Waals surface area contributed by atoms with Crippen LogP contribution < -0.4 is 14.8 Å². The molecule has 0 bridgehead atoms. The molecule has 4 nitrogen and oxygen atoms in total. The van der Waals surface area contributed by atoms with Gasteiger partial charge >= 0.3 is 0 Å². The molecular formula is C16H22N2O2S. The average Bonchev–Trinajstić information content (AvgIpc) is 2.93. The second-order valence-corrected chi connectivity index (χ2v) is 5.68. The van der Waals surface area contributed by atoms with Gasteiger partial charge < -0.3 is 14.8 Å². The molecule has 2 rings (SSSR count). The molecule has 0 aliphatic carbocycles. The molecule has 1 aromatic heterocycles. The fraction of sp³-hybridized carbons (Fsp3) is 0.438. The Balaban J connectivity index is 2.47. The van der Waals surface area contributed by atoms with Gasteiger partial charge in [-0.25, -0.2) is 4.98 Å². The Kier molecular flexibility index (Phi) is 5.59. The van der Waals surface area contributed by atoms with E-state index in [2.05, 4.69) is 17.2 Å². The van der Waals surface area contributed by atoms with E-state index >= 15 is 0 Å². The minimum atomic E-state index is 0.0718. The van der Waals surface area contributed by atoms with Crippen molar-refractivity contribution in [2.24, 2.45) is 0 Å². The summed E-state index contributed by atoms with van der Waals surface area (Å²) in [6.45, 7) is 5.13. The molecule has 0 radical (unpaired) electrons. The molecule has 0 aliphatic heterocycles. The minimum absolute atomic E-state index is 0.0718. The smallest absolute Gasteiger partial charge is 0.124 e. The largest absolute Gasteiger partial charge is 0.497 e. The van der Waals surface area contributed by atoms with Crippen molar-refractivity contribution in [1.29, 1.82) is 0 Å². The predicted molar refractivity (Wildman–Crippen MR) is 86.5 cm³/mol. The summed E-state index contributed by atoms with van der Waals surface area (Å²) in [6.07, 6.45) is 1.07. The molecule has 1 atom stereocenters. The summed E-state index contributed by atoms with van der Waals surface area (Å²) in [5.41, 5.74) is 4.02. The van der Waals surface area contributed by atoms with Gasteiger partial charge in [0.05, 0.1) is 31.5 Å². The molecule has 0 saturated carbocycles. The highest BCUT2D eigenvalue weighted by atomic mass is 32.1. The maximum atomic E-state index is 5.53. The SMILES string of the molecule is CCCNC(c1cc(OC)ccc1OC)c1scnc1C. The van der Waals surface area contributed by atoms with E-state index in [-0.39, 0.29) is 6.04 Å². The van der Waals surface area contributed by atoms with Gasteiger partial charge in [-0.2, -0.15) is 0 Å². The maximum absolute atomic E-state index is 5.53. The molecule has 114 valence electrons. The monoisotopic (exact) mass is 306 g/mol. The summed E-state index contributed by atoms with van der Waals surface area (Å²) in [5, 5.41) is 3.59. The number of aryl methyl sites for hydroxylation is 1. The number of ether oxygens (including phenoxy) is 2. The van der Waals surface area contributed by atoms with E-state index in [4.69, 9.17) is 9.47 Å². The van der Waals surface area contributed by atoms with Gasteiger partial charge in [0.15, 0.2) is 0 Å². The van der Waals surface area contributed by atoms with E-state index in [0.29, 0.717) is 0 Å². The van der Waals surface area contributed by atoms with E-state index in [1.54, 1.807) is 25.6 Å². The summed E-state index contributed by atoms with van der Waals surface area (Å²) in [6, 6.07) is 5.97. The highest BCUT2D eigenvalue weighted by molar-refractivity contribution is 7.09. The van der Waals surface area contributed by atoms with Gasteiger partial charge in [-0.15, -0.1) is 11.3 Å². The number of benzene rings is 1. The highest BCUT2D eigenvalue weighted by Crippen LogP contribution is 2.35. The van der Waals surface area contributed by atoms with Crippen LogP contribution in [0, 0.1) is 6.92 Å². The number of hydrogen-bond donors (Lipinski definition) is 1. The van der Waals surface area contributed by atoms with Gasteiger partial charge in [0.1, 0.15) is 11.5 Å². The van der Waals surface area contributed by atoms with Gasteiger partial charge in [0.2, 0.25) is 0 Å². The molecule has 1 heterocycles. The Morgan fingerprint density at radius 1 is 1.29 bits per heavy atom. The van der Waals surface area contributed by atoms with E-state index in [0.717, 1.165) is 35.7 Å². The third kappa shape index (κ3) is 3.54. The third-order valence-electron chi connectivity index (χ3n) is 3.39. The lowest BCUT2D eigenvalue weighted by Gasteiger charge is -2.21. The standard InChI is InChI=1S/C16H22N2O2S/c1-5-8-17-15(16-11(2)18-10-21-16)13-9-12(19-3)6-7-14(13)20-4/h6-7,9-10,15,17H,5,8H2,1-4H3. The van der Waals surface area contributed by atoms with Gasteiger partial charge in [-0.1, -0.05) is 6.92 Å². The average molecular weight is 306 g/mol. The molecule has 0 fully saturated rings. The van der Waals surface area contributed by atoms with Crippen LogP contribution in [-0.2, 0) is 0 Å². The molecule has 5 heteroatoms. The lowest BCUT2D eigenvalue weighted by Crippen LogP contribution is -2.23. The number of thiazole rings is 1. The molecule has 2 aromatic rings. The Morgan fingerprint density at radius 2 is 2.10 bits per heavy atom. The van der Waals surface area contributed by atoms with Gasteiger partial charge in [-0.05, 0) is 38.1 Å². The first-order valence-electron chi connectivity index (χ1n) is 7.06. The van der Waals surface area contributed by atoms with Crippen LogP contribution in [-0.4, -0.2) is 25.7 Å². The zero-order chi connectivity index (χ0) is 15.2. The van der Waals surface area contributed by atoms with Gasteiger partial charge in [-0.3, -0.25) is 0 Å². The molecule has 0 saturated heterocycles. The van der Waals surface area contributed by atoms with Crippen molar-refractivity contribution >= 4 is 11.3 Å². The first kappa shape index (κ1) is 15.8. The van der Waals surface area contributed by atoms with Crippen LogP contribution in [0.15, 0.2) is 23.7 Å². The Morgan fingerprint density at radius 3 is 2.67 bits per heavy atom. The molecule has 1 aromatic carbocycles. The van der Waals surface area contributed by atoms with E-state index < -0.39 is 0 Å². The van der Waals surface area contributed by atoms with Crippen molar-refractivity contribution in [3.8, 4) is 11.5 Å². The third-order valence-corrected chi connectivity index (χ3v) is 4.39. The first-order chi connectivity index (χ1) is 10.2. The summed E-state index contributed by atoms with van der Waals surface area (Å²) in [5.74, 6) is 1.69. The molecular weight excluding hydrogens is 284 g/mol. The van der Waals surface area contributed by atoms with Crippen LogP contribution in [0.25, 0.3) is 0 Å². The molecule has 1 unspecified atom stereocenters. The lowest BCUT2D eigenvalue weighted by molar-refractivity contribution is 0.394. The number of methoxy groups -OCH3 is 2.